The molecule has 0 radical (unpaired) electrons. The van der Waals surface area contributed by atoms with Crippen LogP contribution >= 0.6 is 0 Å². The number of hydrogen-bond donors (Lipinski definition) is 1. The van der Waals surface area contributed by atoms with Gasteiger partial charge in [-0.25, -0.2) is 8.42 Å². The van der Waals surface area contributed by atoms with Gasteiger partial charge in [0.25, 0.3) is 0 Å². The van der Waals surface area contributed by atoms with Crippen LogP contribution in [-0.2, 0) is 21.2 Å². The normalized spacial score (nSPS) is 21.3. The highest BCUT2D eigenvalue weighted by Crippen LogP contribution is 2.23. The molecule has 0 aliphatic carbocycles. The van der Waals surface area contributed by atoms with Gasteiger partial charge in [0.05, 0.1) is 17.4 Å². The van der Waals surface area contributed by atoms with Gasteiger partial charge in [-0.3, -0.25) is 4.79 Å². The van der Waals surface area contributed by atoms with Crippen LogP contribution in [0.3, 0.4) is 0 Å². The predicted molar refractivity (Wildman–Crippen MR) is 74.5 cm³/mol. The Balaban J connectivity index is 2.10. The summed E-state index contributed by atoms with van der Waals surface area (Å²) in [5.41, 5.74) is 7.27. The number of nitrogens with zero attached hydrogens (tertiary/aromatic N) is 1. The molecule has 0 bridgehead atoms. The van der Waals surface area contributed by atoms with Crippen molar-refractivity contribution in [2.24, 2.45) is 11.7 Å². The summed E-state index contributed by atoms with van der Waals surface area (Å²) < 4.78 is 22.8. The van der Waals surface area contributed by atoms with Gasteiger partial charge in [0, 0.05) is 19.3 Å². The van der Waals surface area contributed by atoms with E-state index in [9.17, 15) is 13.2 Å². The van der Waals surface area contributed by atoms with Gasteiger partial charge in [0.2, 0.25) is 5.91 Å². The smallest absolute Gasteiger partial charge is 0.230 e. The van der Waals surface area contributed by atoms with Gasteiger partial charge in [-0.2, -0.15) is 0 Å². The van der Waals surface area contributed by atoms with Crippen molar-refractivity contribution in [3.05, 3.63) is 29.8 Å². The first kappa shape index (κ1) is 14.0. The number of carbonyl (C=O) groups excluding carboxylic acids is 1. The van der Waals surface area contributed by atoms with E-state index >= 15 is 0 Å². The van der Waals surface area contributed by atoms with E-state index in [-0.39, 0.29) is 17.4 Å². The number of sulfone groups is 1. The highest BCUT2D eigenvalue weighted by Gasteiger charge is 2.34. The molecule has 1 fully saturated rings. The first-order chi connectivity index (χ1) is 8.93. The molecule has 1 heterocycles. The zero-order valence-electron chi connectivity index (χ0n) is 10.9. The van der Waals surface area contributed by atoms with E-state index in [0.717, 1.165) is 11.3 Å². The second-order valence-corrected chi connectivity index (χ2v) is 7.10. The Hall–Kier alpha value is -1.40. The molecule has 104 valence electrons. The molecular weight excluding hydrogens is 264 g/mol. The van der Waals surface area contributed by atoms with E-state index in [2.05, 4.69) is 0 Å². The number of nitrogens with two attached hydrogens (primary N) is 1. The van der Waals surface area contributed by atoms with Crippen LogP contribution in [0.25, 0.3) is 0 Å². The molecule has 1 atom stereocenters. The van der Waals surface area contributed by atoms with Crippen LogP contribution in [0.4, 0.5) is 5.69 Å². The van der Waals surface area contributed by atoms with E-state index in [1.807, 2.05) is 24.3 Å². The lowest BCUT2D eigenvalue weighted by molar-refractivity contribution is -0.121. The van der Waals surface area contributed by atoms with Crippen LogP contribution in [0.1, 0.15) is 12.0 Å². The summed E-state index contributed by atoms with van der Waals surface area (Å²) in [7, 11) is -1.36. The van der Waals surface area contributed by atoms with Crippen LogP contribution in [-0.4, -0.2) is 32.9 Å². The molecule has 1 aromatic carbocycles. The van der Waals surface area contributed by atoms with Crippen molar-refractivity contribution in [3.8, 4) is 0 Å². The van der Waals surface area contributed by atoms with Crippen LogP contribution < -0.4 is 10.6 Å². The summed E-state index contributed by atoms with van der Waals surface area (Å²) in [6.07, 6.45) is 0.423. The Morgan fingerprint density at radius 1 is 1.37 bits per heavy atom. The fourth-order valence-corrected chi connectivity index (χ4v) is 3.98. The van der Waals surface area contributed by atoms with E-state index in [4.69, 9.17) is 5.73 Å². The zero-order chi connectivity index (χ0) is 14.0. The minimum absolute atomic E-state index is 0.0307. The molecule has 1 amide bonds. The lowest BCUT2D eigenvalue weighted by Crippen LogP contribution is -2.33. The maximum Gasteiger partial charge on any atom is 0.230 e. The van der Waals surface area contributed by atoms with E-state index < -0.39 is 15.8 Å². The van der Waals surface area contributed by atoms with Crippen molar-refractivity contribution in [1.82, 2.24) is 0 Å². The molecule has 6 heteroatoms. The molecule has 1 aliphatic heterocycles. The average Bonchev–Trinajstić information content (AvgIpc) is 2.77. The third kappa shape index (κ3) is 3.13. The summed E-state index contributed by atoms with van der Waals surface area (Å²) in [6, 6.07) is 7.38. The molecular formula is C13H18N2O3S. The van der Waals surface area contributed by atoms with Gasteiger partial charge in [-0.1, -0.05) is 12.1 Å². The number of rotatable bonds is 3. The number of amides is 1. The fraction of sp³-hybridized carbons (Fsp3) is 0.462. The Kier molecular flexibility index (Phi) is 3.91. The van der Waals surface area contributed by atoms with Crippen LogP contribution in [0.5, 0.6) is 0 Å². The molecule has 1 aliphatic rings. The minimum Gasteiger partial charge on any atom is -0.326 e. The first-order valence-electron chi connectivity index (χ1n) is 6.20. The number of carbonyl (C=O) groups is 1. The molecule has 5 nitrogen and oxygen atoms in total. The summed E-state index contributed by atoms with van der Waals surface area (Å²) >= 11 is 0. The third-order valence-electron chi connectivity index (χ3n) is 3.47. The van der Waals surface area contributed by atoms with E-state index in [0.29, 0.717) is 13.0 Å². The predicted octanol–water partition coefficient (Wildman–Crippen LogP) is 0.543. The lowest BCUT2D eigenvalue weighted by Gasteiger charge is -2.20. The fourth-order valence-electron chi connectivity index (χ4n) is 2.25. The summed E-state index contributed by atoms with van der Waals surface area (Å²) in [6.45, 7) is 0.457. The summed E-state index contributed by atoms with van der Waals surface area (Å²) in [5, 5.41) is 0. The van der Waals surface area contributed by atoms with E-state index in [1.165, 1.54) is 4.90 Å². The Labute approximate surface area is 113 Å². The number of hydrogen-bond acceptors (Lipinski definition) is 4. The highest BCUT2D eigenvalue weighted by atomic mass is 32.2. The lowest BCUT2D eigenvalue weighted by atomic mass is 10.1. The summed E-state index contributed by atoms with van der Waals surface area (Å²) in [5.74, 6) is -0.466. The van der Waals surface area contributed by atoms with Crippen molar-refractivity contribution in [3.63, 3.8) is 0 Å². The van der Waals surface area contributed by atoms with Gasteiger partial charge in [0.15, 0.2) is 9.84 Å². The largest absolute Gasteiger partial charge is 0.326 e. The van der Waals surface area contributed by atoms with Crippen molar-refractivity contribution < 1.29 is 13.2 Å². The standard InChI is InChI=1S/C13H18N2O3S/c1-15(12-4-2-10(8-14)3-5-12)13(16)11-6-7-19(17,18)9-11/h2-5,11H,6-9,14H2,1H3. The molecule has 19 heavy (non-hydrogen) atoms. The first-order valence-corrected chi connectivity index (χ1v) is 8.02. The molecule has 0 spiro atoms. The van der Waals surface area contributed by atoms with Gasteiger partial charge in [-0.05, 0) is 24.1 Å². The maximum atomic E-state index is 12.2. The van der Waals surface area contributed by atoms with Crippen LogP contribution in [0.2, 0.25) is 0 Å². The van der Waals surface area contributed by atoms with Gasteiger partial charge in [0.1, 0.15) is 0 Å². The van der Waals surface area contributed by atoms with Crippen molar-refractivity contribution in [1.29, 1.82) is 0 Å². The van der Waals surface area contributed by atoms with Gasteiger partial charge < -0.3 is 10.6 Å². The van der Waals surface area contributed by atoms with Crippen molar-refractivity contribution in [2.75, 3.05) is 23.5 Å². The topological polar surface area (TPSA) is 80.5 Å². The zero-order valence-corrected chi connectivity index (χ0v) is 11.7. The number of anilines is 1. The Morgan fingerprint density at radius 3 is 2.47 bits per heavy atom. The van der Waals surface area contributed by atoms with E-state index in [1.54, 1.807) is 7.05 Å². The Bertz CT molecular complexity index is 566. The Morgan fingerprint density at radius 2 is 2.00 bits per heavy atom. The summed E-state index contributed by atoms with van der Waals surface area (Å²) in [4.78, 5) is 13.7. The third-order valence-corrected chi connectivity index (χ3v) is 5.24. The molecule has 1 aromatic rings. The minimum atomic E-state index is -3.03. The molecule has 1 unspecified atom stereocenters. The quantitative estimate of drug-likeness (QED) is 0.877. The van der Waals surface area contributed by atoms with Gasteiger partial charge >= 0.3 is 0 Å². The van der Waals surface area contributed by atoms with Crippen molar-refractivity contribution in [2.45, 2.75) is 13.0 Å². The SMILES string of the molecule is CN(C(=O)C1CCS(=O)(=O)C1)c1ccc(CN)cc1. The maximum absolute atomic E-state index is 12.2. The highest BCUT2D eigenvalue weighted by molar-refractivity contribution is 7.91. The van der Waals surface area contributed by atoms with Crippen molar-refractivity contribution >= 4 is 21.4 Å². The monoisotopic (exact) mass is 282 g/mol. The number of benzene rings is 1. The van der Waals surface area contributed by atoms with Crippen LogP contribution in [0.15, 0.2) is 24.3 Å². The molecule has 1 saturated heterocycles. The second-order valence-electron chi connectivity index (χ2n) is 4.87. The molecule has 0 aromatic heterocycles. The molecule has 0 saturated carbocycles. The molecule has 2 N–H and O–H groups in total. The van der Waals surface area contributed by atoms with Crippen LogP contribution in [0, 0.1) is 5.92 Å². The van der Waals surface area contributed by atoms with Gasteiger partial charge in [-0.15, -0.1) is 0 Å². The average molecular weight is 282 g/mol. The molecule has 2 rings (SSSR count). The second kappa shape index (κ2) is 5.30.